The van der Waals surface area contributed by atoms with Crippen molar-refractivity contribution in [2.45, 2.75) is 32.3 Å². The second kappa shape index (κ2) is 6.48. The van der Waals surface area contributed by atoms with Gasteiger partial charge < -0.3 is 15.0 Å². The van der Waals surface area contributed by atoms with E-state index in [1.54, 1.807) is 0 Å². The summed E-state index contributed by atoms with van der Waals surface area (Å²) in [6.07, 6.45) is 4.58. The van der Waals surface area contributed by atoms with E-state index in [0.29, 0.717) is 12.0 Å². The highest BCUT2D eigenvalue weighted by atomic mass is 16.6. The number of hydrogen-bond donors (Lipinski definition) is 1. The highest BCUT2D eigenvalue weighted by Crippen LogP contribution is 2.39. The quantitative estimate of drug-likeness (QED) is 0.910. The van der Waals surface area contributed by atoms with Crippen LogP contribution in [0.5, 0.6) is 0 Å². The van der Waals surface area contributed by atoms with Crippen LogP contribution in [0.4, 0.5) is 4.79 Å². The lowest BCUT2D eigenvalue weighted by atomic mass is 9.72. The van der Waals surface area contributed by atoms with Crippen LogP contribution >= 0.6 is 0 Å². The Morgan fingerprint density at radius 1 is 1.10 bits per heavy atom. The molecule has 21 heavy (non-hydrogen) atoms. The second-order valence-electron chi connectivity index (χ2n) is 6.28. The lowest BCUT2D eigenvalue weighted by Crippen LogP contribution is -2.47. The summed E-state index contributed by atoms with van der Waals surface area (Å²) < 4.78 is 5.42. The Bertz CT molecular complexity index is 459. The van der Waals surface area contributed by atoms with Crippen molar-refractivity contribution in [2.75, 3.05) is 26.2 Å². The molecule has 1 amide bonds. The minimum Gasteiger partial charge on any atom is -0.445 e. The van der Waals surface area contributed by atoms with Crippen molar-refractivity contribution in [1.29, 1.82) is 0 Å². The third-order valence-electron chi connectivity index (χ3n) is 4.95. The first-order valence-corrected chi connectivity index (χ1v) is 7.94. The van der Waals surface area contributed by atoms with Gasteiger partial charge in [-0.25, -0.2) is 4.79 Å². The molecule has 0 aromatic heterocycles. The minimum absolute atomic E-state index is 0.164. The van der Waals surface area contributed by atoms with E-state index < -0.39 is 0 Å². The van der Waals surface area contributed by atoms with Crippen molar-refractivity contribution >= 4 is 6.09 Å². The number of amides is 1. The third kappa shape index (κ3) is 3.56. The summed E-state index contributed by atoms with van der Waals surface area (Å²) in [4.78, 5) is 14.0. The monoisotopic (exact) mass is 288 g/mol. The van der Waals surface area contributed by atoms with Gasteiger partial charge in [-0.2, -0.15) is 0 Å². The standard InChI is InChI=1S/C17H24N2O2/c20-16(21-14-15-4-2-1-3-5-15)19-12-8-17(9-13-19)6-10-18-11-7-17/h1-5,18H,6-14H2. The topological polar surface area (TPSA) is 41.6 Å². The summed E-state index contributed by atoms with van der Waals surface area (Å²) >= 11 is 0. The van der Waals surface area contributed by atoms with Gasteiger partial charge in [0.25, 0.3) is 0 Å². The van der Waals surface area contributed by atoms with Crippen molar-refractivity contribution in [3.05, 3.63) is 35.9 Å². The largest absolute Gasteiger partial charge is 0.445 e. The summed E-state index contributed by atoms with van der Waals surface area (Å²) in [5.41, 5.74) is 1.51. The molecule has 1 aromatic rings. The molecule has 1 N–H and O–H groups in total. The fourth-order valence-electron chi connectivity index (χ4n) is 3.43. The van der Waals surface area contributed by atoms with Crippen LogP contribution in [-0.4, -0.2) is 37.2 Å². The maximum Gasteiger partial charge on any atom is 0.410 e. The second-order valence-corrected chi connectivity index (χ2v) is 6.28. The van der Waals surface area contributed by atoms with E-state index >= 15 is 0 Å². The molecular weight excluding hydrogens is 264 g/mol. The minimum atomic E-state index is -0.164. The number of piperidine rings is 2. The number of likely N-dealkylation sites (tertiary alicyclic amines) is 1. The Kier molecular flexibility index (Phi) is 4.44. The summed E-state index contributed by atoms with van der Waals surface area (Å²) in [7, 11) is 0. The van der Waals surface area contributed by atoms with Gasteiger partial charge in [0.1, 0.15) is 6.61 Å². The van der Waals surface area contributed by atoms with E-state index in [4.69, 9.17) is 4.74 Å². The molecule has 3 rings (SSSR count). The Morgan fingerprint density at radius 2 is 1.76 bits per heavy atom. The maximum absolute atomic E-state index is 12.1. The summed E-state index contributed by atoms with van der Waals surface area (Å²) in [6.45, 7) is 4.30. The SMILES string of the molecule is O=C(OCc1ccccc1)N1CCC2(CCNCC2)CC1. The van der Waals surface area contributed by atoms with E-state index in [2.05, 4.69) is 5.32 Å². The predicted molar refractivity (Wildman–Crippen MR) is 82.0 cm³/mol. The Hall–Kier alpha value is -1.55. The molecule has 2 aliphatic rings. The first-order chi connectivity index (χ1) is 10.3. The van der Waals surface area contributed by atoms with Gasteiger partial charge in [0.05, 0.1) is 0 Å². The van der Waals surface area contributed by atoms with Crippen molar-refractivity contribution in [1.82, 2.24) is 10.2 Å². The van der Waals surface area contributed by atoms with Crippen LogP contribution in [0.3, 0.4) is 0 Å². The average molecular weight is 288 g/mol. The molecule has 4 nitrogen and oxygen atoms in total. The van der Waals surface area contributed by atoms with Gasteiger partial charge in [-0.1, -0.05) is 30.3 Å². The lowest BCUT2D eigenvalue weighted by Gasteiger charge is -2.44. The Morgan fingerprint density at radius 3 is 2.43 bits per heavy atom. The van der Waals surface area contributed by atoms with Crippen LogP contribution in [0.15, 0.2) is 30.3 Å². The molecule has 0 saturated carbocycles. The fourth-order valence-corrected chi connectivity index (χ4v) is 3.43. The van der Waals surface area contributed by atoms with Crippen LogP contribution in [0, 0.1) is 5.41 Å². The highest BCUT2D eigenvalue weighted by Gasteiger charge is 2.36. The number of hydrogen-bond acceptors (Lipinski definition) is 3. The van der Waals surface area contributed by atoms with E-state index in [-0.39, 0.29) is 6.09 Å². The number of carbonyl (C=O) groups is 1. The zero-order chi connectivity index (χ0) is 14.5. The van der Waals surface area contributed by atoms with E-state index in [0.717, 1.165) is 44.6 Å². The molecule has 4 heteroatoms. The lowest BCUT2D eigenvalue weighted by molar-refractivity contribution is 0.0489. The number of carbonyl (C=O) groups excluding carboxylic acids is 1. The molecular formula is C17H24N2O2. The molecule has 0 unspecified atom stereocenters. The predicted octanol–water partition coefficient (Wildman–Crippen LogP) is 2.79. The van der Waals surface area contributed by atoms with Crippen molar-refractivity contribution < 1.29 is 9.53 Å². The molecule has 1 aromatic carbocycles. The van der Waals surface area contributed by atoms with E-state index in [1.807, 2.05) is 35.2 Å². The van der Waals surface area contributed by atoms with Gasteiger partial charge in [-0.3, -0.25) is 0 Å². The maximum atomic E-state index is 12.1. The summed E-state index contributed by atoms with van der Waals surface area (Å²) in [5.74, 6) is 0. The van der Waals surface area contributed by atoms with Crippen molar-refractivity contribution in [2.24, 2.45) is 5.41 Å². The molecule has 0 atom stereocenters. The van der Waals surface area contributed by atoms with Gasteiger partial charge in [0.2, 0.25) is 0 Å². The van der Waals surface area contributed by atoms with Crippen LogP contribution in [-0.2, 0) is 11.3 Å². The summed E-state index contributed by atoms with van der Waals surface area (Å²) in [6, 6.07) is 9.85. The first kappa shape index (κ1) is 14.4. The van der Waals surface area contributed by atoms with Gasteiger partial charge in [0, 0.05) is 13.1 Å². The molecule has 2 heterocycles. The molecule has 2 fully saturated rings. The number of nitrogens with one attached hydrogen (secondary N) is 1. The van der Waals surface area contributed by atoms with Crippen molar-refractivity contribution in [3.8, 4) is 0 Å². The molecule has 114 valence electrons. The van der Waals surface area contributed by atoms with Crippen LogP contribution in [0.1, 0.15) is 31.2 Å². The number of nitrogens with zero attached hydrogens (tertiary/aromatic N) is 1. The Labute approximate surface area is 126 Å². The fraction of sp³-hybridized carbons (Fsp3) is 0.588. The zero-order valence-electron chi connectivity index (χ0n) is 12.5. The van der Waals surface area contributed by atoms with E-state index in [9.17, 15) is 4.79 Å². The van der Waals surface area contributed by atoms with Gasteiger partial charge in [-0.15, -0.1) is 0 Å². The van der Waals surface area contributed by atoms with Gasteiger partial charge in [-0.05, 0) is 49.8 Å². The van der Waals surface area contributed by atoms with Crippen LogP contribution in [0.25, 0.3) is 0 Å². The third-order valence-corrected chi connectivity index (χ3v) is 4.95. The normalized spacial score (nSPS) is 21.2. The molecule has 0 radical (unpaired) electrons. The van der Waals surface area contributed by atoms with Gasteiger partial charge >= 0.3 is 6.09 Å². The zero-order valence-corrected chi connectivity index (χ0v) is 12.5. The van der Waals surface area contributed by atoms with Crippen molar-refractivity contribution in [3.63, 3.8) is 0 Å². The molecule has 2 saturated heterocycles. The first-order valence-electron chi connectivity index (χ1n) is 7.94. The van der Waals surface area contributed by atoms with Crippen LogP contribution in [0.2, 0.25) is 0 Å². The average Bonchev–Trinajstić information content (AvgIpc) is 2.55. The molecule has 2 aliphatic heterocycles. The Balaban J connectivity index is 1.46. The summed E-state index contributed by atoms with van der Waals surface area (Å²) in [5, 5.41) is 3.42. The number of ether oxygens (including phenoxy) is 1. The van der Waals surface area contributed by atoms with Gasteiger partial charge in [0.15, 0.2) is 0 Å². The molecule has 1 spiro atoms. The number of benzene rings is 1. The smallest absolute Gasteiger partial charge is 0.410 e. The highest BCUT2D eigenvalue weighted by molar-refractivity contribution is 5.67. The molecule has 0 bridgehead atoms. The molecule has 0 aliphatic carbocycles. The number of rotatable bonds is 2. The van der Waals surface area contributed by atoms with Crippen LogP contribution < -0.4 is 5.32 Å². The van der Waals surface area contributed by atoms with E-state index in [1.165, 1.54) is 12.8 Å².